The van der Waals surface area contributed by atoms with Crippen molar-refractivity contribution in [1.82, 2.24) is 9.80 Å². The number of carbonyl (C=O) groups is 1. The summed E-state index contributed by atoms with van der Waals surface area (Å²) in [5.74, 6) is -0.129. The van der Waals surface area contributed by atoms with Gasteiger partial charge in [-0.25, -0.2) is 0 Å². The minimum absolute atomic E-state index is 0.129. The summed E-state index contributed by atoms with van der Waals surface area (Å²) in [6, 6.07) is 7.09. The summed E-state index contributed by atoms with van der Waals surface area (Å²) in [6.07, 6.45) is -3.65. The molecule has 0 aliphatic heterocycles. The minimum atomic E-state index is -4.39. The van der Waals surface area contributed by atoms with E-state index in [1.165, 1.54) is 17.4 Å². The summed E-state index contributed by atoms with van der Waals surface area (Å²) >= 11 is 1.38. The van der Waals surface area contributed by atoms with Gasteiger partial charge in [-0.05, 0) is 55.2 Å². The van der Waals surface area contributed by atoms with Crippen LogP contribution in [0.15, 0.2) is 35.7 Å². The van der Waals surface area contributed by atoms with Crippen molar-refractivity contribution >= 4 is 17.2 Å². The predicted octanol–water partition coefficient (Wildman–Crippen LogP) is 4.53. The van der Waals surface area contributed by atoms with Crippen LogP contribution < -0.4 is 0 Å². The molecule has 1 amide bonds. The number of hydrogen-bond donors (Lipinski definition) is 0. The summed E-state index contributed by atoms with van der Waals surface area (Å²) in [6.45, 7) is 3.22. The molecule has 26 heavy (non-hydrogen) atoms. The van der Waals surface area contributed by atoms with Crippen molar-refractivity contribution in [1.29, 1.82) is 0 Å². The van der Waals surface area contributed by atoms with Crippen molar-refractivity contribution < 1.29 is 18.0 Å². The van der Waals surface area contributed by atoms with Crippen LogP contribution in [0.2, 0.25) is 0 Å². The van der Waals surface area contributed by atoms with Gasteiger partial charge in [0.05, 0.1) is 10.4 Å². The molecule has 0 spiro atoms. The van der Waals surface area contributed by atoms with Crippen LogP contribution in [-0.4, -0.2) is 42.9 Å². The Morgan fingerprint density at radius 3 is 2.50 bits per heavy atom. The number of aryl methyl sites for hydroxylation is 1. The highest BCUT2D eigenvalue weighted by Crippen LogP contribution is 2.30. The monoisotopic (exact) mass is 384 g/mol. The third-order valence-corrected chi connectivity index (χ3v) is 5.00. The first kappa shape index (κ1) is 20.5. The normalized spacial score (nSPS) is 11.8. The van der Waals surface area contributed by atoms with Gasteiger partial charge in [0.1, 0.15) is 0 Å². The maximum Gasteiger partial charge on any atom is 0.416 e. The predicted molar refractivity (Wildman–Crippen MR) is 98.4 cm³/mol. The van der Waals surface area contributed by atoms with Crippen LogP contribution in [0.3, 0.4) is 0 Å². The lowest BCUT2D eigenvalue weighted by Gasteiger charge is -2.25. The number of carbonyl (C=O) groups excluding carboxylic acids is 1. The first-order chi connectivity index (χ1) is 12.2. The van der Waals surface area contributed by atoms with Crippen LogP contribution in [0.4, 0.5) is 13.2 Å². The Labute approximate surface area is 156 Å². The van der Waals surface area contributed by atoms with Gasteiger partial charge in [0.15, 0.2) is 0 Å². The van der Waals surface area contributed by atoms with Crippen molar-refractivity contribution in [3.8, 4) is 0 Å². The summed E-state index contributed by atoms with van der Waals surface area (Å²) in [5.41, 5.74) is 0.751. The summed E-state index contributed by atoms with van der Waals surface area (Å²) in [5, 5.41) is 1.88. The SMILES string of the molecule is CCc1ccsc1C(=O)N(CCN(C)C)Cc1cccc(C(F)(F)F)c1. The topological polar surface area (TPSA) is 23.6 Å². The smallest absolute Gasteiger partial charge is 0.332 e. The molecular weight excluding hydrogens is 361 g/mol. The maximum atomic E-state index is 13.0. The molecule has 0 aliphatic rings. The maximum absolute atomic E-state index is 13.0. The number of alkyl halides is 3. The Morgan fingerprint density at radius 2 is 1.88 bits per heavy atom. The van der Waals surface area contributed by atoms with Crippen molar-refractivity contribution in [2.45, 2.75) is 26.1 Å². The number of thiophene rings is 1. The highest BCUT2D eigenvalue weighted by Gasteiger charge is 2.30. The van der Waals surface area contributed by atoms with E-state index in [-0.39, 0.29) is 12.5 Å². The van der Waals surface area contributed by atoms with Gasteiger partial charge in [0.2, 0.25) is 0 Å². The zero-order valence-electron chi connectivity index (χ0n) is 15.1. The molecule has 0 N–H and O–H groups in total. The fraction of sp³-hybridized carbons (Fsp3) is 0.421. The van der Waals surface area contributed by atoms with Crippen LogP contribution in [-0.2, 0) is 19.1 Å². The molecule has 0 aliphatic carbocycles. The number of likely N-dealkylation sites (N-methyl/N-ethyl adjacent to an activating group) is 1. The van der Waals surface area contributed by atoms with E-state index < -0.39 is 11.7 Å². The lowest BCUT2D eigenvalue weighted by Crippen LogP contribution is -2.36. The average molecular weight is 384 g/mol. The Kier molecular flexibility index (Phi) is 6.83. The van der Waals surface area contributed by atoms with Crippen molar-refractivity contribution in [2.75, 3.05) is 27.2 Å². The standard InChI is InChI=1S/C19H23F3N2OS/c1-4-15-8-11-26-17(15)18(25)24(10-9-23(2)3)13-14-6-5-7-16(12-14)19(20,21)22/h5-8,11-12H,4,9-10,13H2,1-3H3. The van der Waals surface area contributed by atoms with Gasteiger partial charge in [0.25, 0.3) is 5.91 Å². The second kappa shape index (κ2) is 8.68. The number of hydrogen-bond acceptors (Lipinski definition) is 3. The quantitative estimate of drug-likeness (QED) is 0.700. The Morgan fingerprint density at radius 1 is 1.15 bits per heavy atom. The molecule has 1 aromatic heterocycles. The molecule has 7 heteroatoms. The lowest BCUT2D eigenvalue weighted by molar-refractivity contribution is -0.137. The Bertz CT molecular complexity index is 740. The molecule has 2 aromatic rings. The van der Waals surface area contributed by atoms with Crippen LogP contribution in [0.1, 0.15) is 33.3 Å². The van der Waals surface area contributed by atoms with E-state index in [1.54, 1.807) is 11.0 Å². The number of halogens is 3. The molecule has 0 saturated heterocycles. The highest BCUT2D eigenvalue weighted by molar-refractivity contribution is 7.12. The van der Waals surface area contributed by atoms with Crippen LogP contribution in [0.5, 0.6) is 0 Å². The minimum Gasteiger partial charge on any atom is -0.332 e. The van der Waals surface area contributed by atoms with E-state index in [4.69, 9.17) is 0 Å². The lowest BCUT2D eigenvalue weighted by atomic mass is 10.1. The van der Waals surface area contributed by atoms with E-state index >= 15 is 0 Å². The zero-order chi connectivity index (χ0) is 19.3. The second-order valence-corrected chi connectivity index (χ2v) is 7.27. The van der Waals surface area contributed by atoms with Crippen molar-refractivity contribution in [3.05, 3.63) is 57.3 Å². The summed E-state index contributed by atoms with van der Waals surface area (Å²) < 4.78 is 38.9. The Hall–Kier alpha value is -1.86. The molecular formula is C19H23F3N2OS. The first-order valence-electron chi connectivity index (χ1n) is 8.39. The molecule has 0 radical (unpaired) electrons. The van der Waals surface area contributed by atoms with Crippen molar-refractivity contribution in [2.24, 2.45) is 0 Å². The van der Waals surface area contributed by atoms with E-state index in [0.717, 1.165) is 24.1 Å². The molecule has 0 fully saturated rings. The first-order valence-corrected chi connectivity index (χ1v) is 9.26. The van der Waals surface area contributed by atoms with Gasteiger partial charge >= 0.3 is 6.18 Å². The van der Waals surface area contributed by atoms with Gasteiger partial charge in [0, 0.05) is 19.6 Å². The van der Waals surface area contributed by atoms with Gasteiger partial charge in [-0.3, -0.25) is 4.79 Å². The molecule has 1 aromatic carbocycles. The summed E-state index contributed by atoms with van der Waals surface area (Å²) in [4.78, 5) is 17.2. The molecule has 3 nitrogen and oxygen atoms in total. The molecule has 0 bridgehead atoms. The molecule has 0 unspecified atom stereocenters. The fourth-order valence-corrected chi connectivity index (χ4v) is 3.55. The Balaban J connectivity index is 2.26. The van der Waals surface area contributed by atoms with E-state index in [2.05, 4.69) is 0 Å². The van der Waals surface area contributed by atoms with E-state index in [9.17, 15) is 18.0 Å². The van der Waals surface area contributed by atoms with E-state index in [1.807, 2.05) is 37.4 Å². The molecule has 142 valence electrons. The van der Waals surface area contributed by atoms with Gasteiger partial charge < -0.3 is 9.80 Å². The van der Waals surface area contributed by atoms with Crippen LogP contribution in [0, 0.1) is 0 Å². The highest BCUT2D eigenvalue weighted by atomic mass is 32.1. The zero-order valence-corrected chi connectivity index (χ0v) is 16.0. The van der Waals surface area contributed by atoms with E-state index in [0.29, 0.717) is 23.5 Å². The summed E-state index contributed by atoms with van der Waals surface area (Å²) in [7, 11) is 3.80. The third-order valence-electron chi connectivity index (χ3n) is 4.05. The van der Waals surface area contributed by atoms with Crippen LogP contribution >= 0.6 is 11.3 Å². The van der Waals surface area contributed by atoms with Gasteiger partial charge in [-0.2, -0.15) is 13.2 Å². The number of benzene rings is 1. The molecule has 1 heterocycles. The fourth-order valence-electron chi connectivity index (χ4n) is 2.58. The average Bonchev–Trinajstić information content (AvgIpc) is 3.06. The number of amides is 1. The molecule has 2 rings (SSSR count). The second-order valence-electron chi connectivity index (χ2n) is 6.36. The largest absolute Gasteiger partial charge is 0.416 e. The molecule has 0 saturated carbocycles. The number of rotatable bonds is 7. The van der Waals surface area contributed by atoms with Crippen molar-refractivity contribution in [3.63, 3.8) is 0 Å². The van der Waals surface area contributed by atoms with Gasteiger partial charge in [-0.15, -0.1) is 11.3 Å². The third kappa shape index (κ3) is 5.32. The molecule has 0 atom stereocenters. The van der Waals surface area contributed by atoms with Crippen LogP contribution in [0.25, 0.3) is 0 Å². The van der Waals surface area contributed by atoms with Gasteiger partial charge in [-0.1, -0.05) is 19.1 Å². The number of nitrogens with zero attached hydrogens (tertiary/aromatic N) is 2.